The lowest BCUT2D eigenvalue weighted by Crippen LogP contribution is -2.35. The topological polar surface area (TPSA) is 46.9 Å². The van der Waals surface area contributed by atoms with Crippen molar-refractivity contribution >= 4 is 5.91 Å². The Kier molecular flexibility index (Phi) is 7.15. The molecule has 0 fully saturated rings. The second-order valence-corrected chi connectivity index (χ2v) is 7.49. The molecule has 3 rings (SSSR count). The maximum absolute atomic E-state index is 13.5. The van der Waals surface area contributed by atoms with Crippen molar-refractivity contribution in [1.82, 2.24) is 14.9 Å². The van der Waals surface area contributed by atoms with Gasteiger partial charge in [0.05, 0.1) is 18.1 Å². The van der Waals surface area contributed by atoms with Gasteiger partial charge < -0.3 is 5.32 Å². The largest absolute Gasteiger partial charge is 0.417 e. The molecule has 164 valence electrons. The lowest BCUT2D eigenvalue weighted by molar-refractivity contribution is -0.137. The Morgan fingerprint density at radius 3 is 2.45 bits per heavy atom. The van der Waals surface area contributed by atoms with Gasteiger partial charge in [0.2, 0.25) is 0 Å². The van der Waals surface area contributed by atoms with Crippen molar-refractivity contribution in [3.63, 3.8) is 0 Å². The van der Waals surface area contributed by atoms with Crippen molar-refractivity contribution < 1.29 is 18.0 Å². The van der Waals surface area contributed by atoms with Crippen LogP contribution in [0.4, 0.5) is 13.2 Å². The quantitative estimate of drug-likeness (QED) is 0.460. The van der Waals surface area contributed by atoms with Crippen LogP contribution in [0.3, 0.4) is 0 Å². The minimum absolute atomic E-state index is 0.0795. The summed E-state index contributed by atoms with van der Waals surface area (Å²) < 4.78 is 42.0. The van der Waals surface area contributed by atoms with Gasteiger partial charge in [-0.1, -0.05) is 57.0 Å². The van der Waals surface area contributed by atoms with E-state index < -0.39 is 11.7 Å². The Bertz CT molecular complexity index is 1020. The highest BCUT2D eigenvalue weighted by molar-refractivity contribution is 5.93. The first-order valence-corrected chi connectivity index (χ1v) is 10.4. The molecule has 1 heterocycles. The van der Waals surface area contributed by atoms with Crippen LogP contribution in [0.15, 0.2) is 61.1 Å². The van der Waals surface area contributed by atoms with E-state index in [2.05, 4.69) is 24.1 Å². The van der Waals surface area contributed by atoms with Crippen LogP contribution in [-0.4, -0.2) is 21.5 Å². The molecule has 0 aliphatic heterocycles. The standard InChI is InChI=1S/C24H26F3N3O/c1-3-8-18(9-4-2)29-23(31)22-15-28-16-30(22)19-11-7-10-17(14-19)20-12-5-6-13-21(20)24(25,26)27/h5-7,10-16,18H,3-4,8-9H2,1-2H3,(H,29,31). The number of nitrogens with zero attached hydrogens (tertiary/aromatic N) is 2. The molecule has 3 aromatic rings. The molecule has 1 N–H and O–H groups in total. The minimum Gasteiger partial charge on any atom is -0.348 e. The molecule has 1 amide bonds. The van der Waals surface area contributed by atoms with Crippen LogP contribution < -0.4 is 5.32 Å². The number of rotatable bonds is 8. The molecule has 0 aliphatic rings. The maximum Gasteiger partial charge on any atom is 0.417 e. The summed E-state index contributed by atoms with van der Waals surface area (Å²) in [6.45, 7) is 4.15. The van der Waals surface area contributed by atoms with E-state index in [-0.39, 0.29) is 17.5 Å². The second-order valence-electron chi connectivity index (χ2n) is 7.49. The molecular weight excluding hydrogens is 403 g/mol. The van der Waals surface area contributed by atoms with Gasteiger partial charge in [0.25, 0.3) is 5.91 Å². The van der Waals surface area contributed by atoms with E-state index in [0.29, 0.717) is 16.9 Å². The van der Waals surface area contributed by atoms with E-state index in [1.165, 1.54) is 24.7 Å². The van der Waals surface area contributed by atoms with Gasteiger partial charge in [0.15, 0.2) is 0 Å². The number of aromatic nitrogens is 2. The Balaban J connectivity index is 1.94. The molecule has 0 aliphatic carbocycles. The van der Waals surface area contributed by atoms with Gasteiger partial charge >= 0.3 is 6.18 Å². The van der Waals surface area contributed by atoms with Crippen LogP contribution in [0.25, 0.3) is 16.8 Å². The van der Waals surface area contributed by atoms with Gasteiger partial charge in [0, 0.05) is 11.7 Å². The van der Waals surface area contributed by atoms with Gasteiger partial charge in [-0.15, -0.1) is 0 Å². The maximum atomic E-state index is 13.5. The molecule has 0 spiro atoms. The van der Waals surface area contributed by atoms with Gasteiger partial charge in [0.1, 0.15) is 5.69 Å². The van der Waals surface area contributed by atoms with Crippen LogP contribution in [0.1, 0.15) is 55.6 Å². The van der Waals surface area contributed by atoms with Crippen molar-refractivity contribution in [1.29, 1.82) is 0 Å². The van der Waals surface area contributed by atoms with Crippen molar-refractivity contribution in [3.05, 3.63) is 72.3 Å². The van der Waals surface area contributed by atoms with Crippen molar-refractivity contribution in [2.45, 2.75) is 51.7 Å². The lowest BCUT2D eigenvalue weighted by Gasteiger charge is -2.18. The Hall–Kier alpha value is -3.09. The summed E-state index contributed by atoms with van der Waals surface area (Å²) in [7, 11) is 0. The Labute approximate surface area is 180 Å². The summed E-state index contributed by atoms with van der Waals surface area (Å²) in [6.07, 6.45) is 2.21. The zero-order valence-corrected chi connectivity index (χ0v) is 17.6. The third kappa shape index (κ3) is 5.34. The van der Waals surface area contributed by atoms with Gasteiger partial charge in [-0.2, -0.15) is 13.2 Å². The molecular formula is C24H26F3N3O. The number of nitrogens with one attached hydrogen (secondary N) is 1. The third-order valence-corrected chi connectivity index (χ3v) is 5.15. The predicted molar refractivity (Wildman–Crippen MR) is 115 cm³/mol. The summed E-state index contributed by atoms with van der Waals surface area (Å²) in [5.41, 5.74) is 0.727. The summed E-state index contributed by atoms with van der Waals surface area (Å²) in [4.78, 5) is 17.0. The number of alkyl halides is 3. The van der Waals surface area contributed by atoms with Gasteiger partial charge in [-0.25, -0.2) is 4.98 Å². The van der Waals surface area contributed by atoms with E-state index in [1.807, 2.05) is 0 Å². The first kappa shape index (κ1) is 22.6. The number of benzene rings is 2. The summed E-state index contributed by atoms with van der Waals surface area (Å²) in [5.74, 6) is -0.245. The predicted octanol–water partition coefficient (Wildman–Crippen LogP) is 6.26. The number of hydrogen-bond donors (Lipinski definition) is 1. The van der Waals surface area contributed by atoms with E-state index in [4.69, 9.17) is 0 Å². The lowest BCUT2D eigenvalue weighted by atomic mass is 9.99. The molecule has 0 bridgehead atoms. The number of imidazole rings is 1. The van der Waals surface area contributed by atoms with Gasteiger partial charge in [-0.3, -0.25) is 9.36 Å². The van der Waals surface area contributed by atoms with Crippen LogP contribution in [0.2, 0.25) is 0 Å². The molecule has 2 aromatic carbocycles. The fourth-order valence-corrected chi connectivity index (χ4v) is 3.72. The summed E-state index contributed by atoms with van der Waals surface area (Å²) >= 11 is 0. The number of carbonyl (C=O) groups excluding carboxylic acids is 1. The Morgan fingerprint density at radius 2 is 1.77 bits per heavy atom. The van der Waals surface area contributed by atoms with Gasteiger partial charge in [-0.05, 0) is 42.2 Å². The molecule has 31 heavy (non-hydrogen) atoms. The molecule has 7 heteroatoms. The molecule has 0 radical (unpaired) electrons. The summed E-state index contributed by atoms with van der Waals surface area (Å²) in [5, 5.41) is 3.06. The number of hydrogen-bond acceptors (Lipinski definition) is 2. The molecule has 0 saturated carbocycles. The zero-order valence-electron chi connectivity index (χ0n) is 17.6. The smallest absolute Gasteiger partial charge is 0.348 e. The van der Waals surface area contributed by atoms with E-state index in [0.717, 1.165) is 31.7 Å². The fraction of sp³-hybridized carbons (Fsp3) is 0.333. The van der Waals surface area contributed by atoms with E-state index >= 15 is 0 Å². The van der Waals surface area contributed by atoms with Crippen molar-refractivity contribution in [2.75, 3.05) is 0 Å². The molecule has 1 aromatic heterocycles. The second kappa shape index (κ2) is 9.81. The molecule has 0 atom stereocenters. The van der Waals surface area contributed by atoms with Crippen LogP contribution in [0.5, 0.6) is 0 Å². The average molecular weight is 429 g/mol. The molecule has 0 unspecified atom stereocenters. The van der Waals surface area contributed by atoms with E-state index in [1.54, 1.807) is 34.9 Å². The van der Waals surface area contributed by atoms with Crippen LogP contribution >= 0.6 is 0 Å². The highest BCUT2D eigenvalue weighted by atomic mass is 19.4. The zero-order chi connectivity index (χ0) is 22.4. The average Bonchev–Trinajstić information content (AvgIpc) is 3.24. The number of carbonyl (C=O) groups is 1. The Morgan fingerprint density at radius 1 is 1.06 bits per heavy atom. The minimum atomic E-state index is -4.46. The molecule has 0 saturated heterocycles. The molecule has 4 nitrogen and oxygen atoms in total. The monoisotopic (exact) mass is 429 g/mol. The van der Waals surface area contributed by atoms with Crippen LogP contribution in [0, 0.1) is 0 Å². The third-order valence-electron chi connectivity index (χ3n) is 5.15. The van der Waals surface area contributed by atoms with E-state index in [9.17, 15) is 18.0 Å². The SMILES string of the molecule is CCCC(CCC)NC(=O)c1cncn1-c1cccc(-c2ccccc2C(F)(F)F)c1. The number of amides is 1. The summed E-state index contributed by atoms with van der Waals surface area (Å²) in [6, 6.07) is 12.2. The normalized spacial score (nSPS) is 11.7. The highest BCUT2D eigenvalue weighted by Gasteiger charge is 2.33. The van der Waals surface area contributed by atoms with Crippen LogP contribution in [-0.2, 0) is 6.18 Å². The first-order chi connectivity index (χ1) is 14.8. The van der Waals surface area contributed by atoms with Crippen molar-refractivity contribution in [3.8, 4) is 16.8 Å². The fourth-order valence-electron chi connectivity index (χ4n) is 3.72. The number of halogens is 3. The first-order valence-electron chi connectivity index (χ1n) is 10.4. The van der Waals surface area contributed by atoms with Crippen molar-refractivity contribution in [2.24, 2.45) is 0 Å². The highest BCUT2D eigenvalue weighted by Crippen LogP contribution is 2.37.